The molecule has 3 heterocycles. The fourth-order valence-corrected chi connectivity index (χ4v) is 6.29. The Morgan fingerprint density at radius 2 is 1.76 bits per heavy atom. The second kappa shape index (κ2) is 10.9. The zero-order valence-corrected chi connectivity index (χ0v) is 22.4. The van der Waals surface area contributed by atoms with Crippen molar-refractivity contribution in [1.82, 2.24) is 18.8 Å². The summed E-state index contributed by atoms with van der Waals surface area (Å²) in [6.45, 7) is 7.82. The van der Waals surface area contributed by atoms with Crippen LogP contribution < -0.4 is 5.32 Å². The number of benzene rings is 1. The van der Waals surface area contributed by atoms with Gasteiger partial charge in [0.15, 0.2) is 0 Å². The van der Waals surface area contributed by atoms with Crippen molar-refractivity contribution < 1.29 is 22.7 Å². The molecule has 1 N–H and O–H groups in total. The van der Waals surface area contributed by atoms with Crippen LogP contribution in [0.15, 0.2) is 47.5 Å². The minimum Gasteiger partial charge on any atom is -0.453 e. The van der Waals surface area contributed by atoms with Crippen LogP contribution in [0.1, 0.15) is 54.2 Å². The number of aryl methyl sites for hydroxylation is 1. The van der Waals surface area contributed by atoms with Crippen LogP contribution in [-0.2, 0) is 14.8 Å². The zero-order valence-electron chi connectivity index (χ0n) is 21.6. The summed E-state index contributed by atoms with van der Waals surface area (Å²) in [4.78, 5) is 26.5. The van der Waals surface area contributed by atoms with E-state index in [1.807, 2.05) is 39.1 Å². The van der Waals surface area contributed by atoms with E-state index in [0.29, 0.717) is 56.0 Å². The molecule has 0 unspecified atom stereocenters. The summed E-state index contributed by atoms with van der Waals surface area (Å²) in [5, 5.41) is 7.04. The maximum atomic E-state index is 13.2. The SMILES string of the molecule is CCN(CC)C(=O)c1c(C)nn2ccc(C3CCN(S(=O)(=O)c4ccc(NC(=O)OC)cc4)CC3)cc12. The molecule has 0 saturated carbocycles. The van der Waals surface area contributed by atoms with E-state index in [-0.39, 0.29) is 16.7 Å². The fourth-order valence-electron chi connectivity index (χ4n) is 4.82. The highest BCUT2D eigenvalue weighted by molar-refractivity contribution is 7.89. The Kier molecular flexibility index (Phi) is 7.84. The Morgan fingerprint density at radius 3 is 2.35 bits per heavy atom. The quantitative estimate of drug-likeness (QED) is 0.499. The van der Waals surface area contributed by atoms with Crippen LogP contribution in [0.25, 0.3) is 5.52 Å². The molecule has 4 rings (SSSR count). The fraction of sp³-hybridized carbons (Fsp3) is 0.423. The number of aromatic nitrogens is 2. The van der Waals surface area contributed by atoms with Gasteiger partial charge in [0, 0.05) is 38.1 Å². The molecule has 37 heavy (non-hydrogen) atoms. The number of pyridine rings is 1. The highest BCUT2D eigenvalue weighted by Gasteiger charge is 2.30. The molecule has 0 bridgehead atoms. The van der Waals surface area contributed by atoms with Crippen LogP contribution in [0.5, 0.6) is 0 Å². The normalized spacial score (nSPS) is 15.0. The Hall–Kier alpha value is -3.44. The molecule has 3 aromatic rings. The molecular weight excluding hydrogens is 494 g/mol. The summed E-state index contributed by atoms with van der Waals surface area (Å²) < 4.78 is 34.2. The number of ether oxygens (including phenoxy) is 1. The highest BCUT2D eigenvalue weighted by Crippen LogP contribution is 2.32. The van der Waals surface area contributed by atoms with E-state index >= 15 is 0 Å². The predicted octanol–water partition coefficient (Wildman–Crippen LogP) is 3.87. The van der Waals surface area contributed by atoms with Crippen LogP contribution in [-0.4, -0.2) is 72.5 Å². The summed E-state index contributed by atoms with van der Waals surface area (Å²) in [6, 6.07) is 10.1. The van der Waals surface area contributed by atoms with E-state index in [2.05, 4.69) is 15.2 Å². The molecule has 1 saturated heterocycles. The van der Waals surface area contributed by atoms with Crippen molar-refractivity contribution in [2.24, 2.45) is 0 Å². The second-order valence-electron chi connectivity index (χ2n) is 9.05. The van der Waals surface area contributed by atoms with Gasteiger partial charge in [-0.25, -0.2) is 17.7 Å². The number of fused-ring (bicyclic) bond motifs is 1. The molecule has 0 spiro atoms. The third-order valence-electron chi connectivity index (χ3n) is 6.95. The number of hydrogen-bond acceptors (Lipinski definition) is 6. The zero-order chi connectivity index (χ0) is 26.7. The van der Waals surface area contributed by atoms with Crippen molar-refractivity contribution in [2.45, 2.75) is 44.4 Å². The average molecular weight is 528 g/mol. The largest absolute Gasteiger partial charge is 0.453 e. The van der Waals surface area contributed by atoms with Crippen LogP contribution >= 0.6 is 0 Å². The van der Waals surface area contributed by atoms with Crippen LogP contribution in [0.3, 0.4) is 0 Å². The first-order valence-electron chi connectivity index (χ1n) is 12.4. The third kappa shape index (κ3) is 5.33. The van der Waals surface area contributed by atoms with Gasteiger partial charge in [0.05, 0.1) is 28.8 Å². The molecule has 2 aromatic heterocycles. The second-order valence-corrected chi connectivity index (χ2v) is 11.0. The predicted molar refractivity (Wildman–Crippen MR) is 140 cm³/mol. The summed E-state index contributed by atoms with van der Waals surface area (Å²) in [7, 11) is -2.40. The molecule has 0 aliphatic carbocycles. The lowest BCUT2D eigenvalue weighted by atomic mass is 9.90. The van der Waals surface area contributed by atoms with E-state index in [1.54, 1.807) is 9.42 Å². The van der Waals surface area contributed by atoms with Crippen LogP contribution in [0, 0.1) is 6.92 Å². The molecule has 0 atom stereocenters. The van der Waals surface area contributed by atoms with Crippen molar-refractivity contribution in [3.63, 3.8) is 0 Å². The van der Waals surface area contributed by atoms with E-state index in [4.69, 9.17) is 0 Å². The molecule has 2 amide bonds. The van der Waals surface area contributed by atoms with Crippen molar-refractivity contribution >= 4 is 33.2 Å². The average Bonchev–Trinajstić information content (AvgIpc) is 3.24. The monoisotopic (exact) mass is 527 g/mol. The van der Waals surface area contributed by atoms with Crippen molar-refractivity contribution in [3.8, 4) is 0 Å². The number of methoxy groups -OCH3 is 1. The molecule has 10 nitrogen and oxygen atoms in total. The van der Waals surface area contributed by atoms with Crippen LogP contribution in [0.4, 0.5) is 10.5 Å². The molecule has 1 aliphatic rings. The minimum absolute atomic E-state index is 0.0247. The standard InChI is InChI=1S/C26H33N5O5S/c1-5-29(6-2)25(32)24-18(3)28-31-16-13-20(17-23(24)31)19-11-14-30(15-12-19)37(34,35)22-9-7-21(8-10-22)27-26(33)36-4/h7-10,13,16-17,19H,5-6,11-12,14-15H2,1-4H3,(H,27,33). The minimum atomic E-state index is -3.66. The van der Waals surface area contributed by atoms with Gasteiger partial charge in [0.1, 0.15) is 0 Å². The molecular formula is C26H33N5O5S. The number of nitrogens with one attached hydrogen (secondary N) is 1. The van der Waals surface area contributed by atoms with E-state index in [9.17, 15) is 18.0 Å². The van der Waals surface area contributed by atoms with Crippen molar-refractivity contribution in [3.05, 3.63) is 59.4 Å². The maximum absolute atomic E-state index is 13.2. The van der Waals surface area contributed by atoms with E-state index < -0.39 is 16.1 Å². The van der Waals surface area contributed by atoms with Gasteiger partial charge in [0.25, 0.3) is 5.91 Å². The summed E-state index contributed by atoms with van der Waals surface area (Å²) in [5.74, 6) is 0.151. The first kappa shape index (κ1) is 26.6. The number of amides is 2. The number of nitrogens with zero attached hydrogens (tertiary/aromatic N) is 4. The molecule has 1 aliphatic heterocycles. The number of rotatable bonds is 7. The first-order chi connectivity index (χ1) is 17.7. The van der Waals surface area contributed by atoms with E-state index in [1.165, 1.54) is 35.7 Å². The highest BCUT2D eigenvalue weighted by atomic mass is 32.2. The van der Waals surface area contributed by atoms with Gasteiger partial charge in [-0.05, 0) is 81.5 Å². The van der Waals surface area contributed by atoms with Gasteiger partial charge in [0.2, 0.25) is 10.0 Å². The lowest BCUT2D eigenvalue weighted by Gasteiger charge is -2.31. The first-order valence-corrected chi connectivity index (χ1v) is 13.9. The maximum Gasteiger partial charge on any atom is 0.411 e. The smallest absolute Gasteiger partial charge is 0.411 e. The molecule has 11 heteroatoms. The van der Waals surface area contributed by atoms with Crippen molar-refractivity contribution in [1.29, 1.82) is 0 Å². The molecule has 0 radical (unpaired) electrons. The Bertz CT molecular complexity index is 1390. The Balaban J connectivity index is 1.49. The molecule has 1 fully saturated rings. The van der Waals surface area contributed by atoms with Crippen LogP contribution in [0.2, 0.25) is 0 Å². The summed E-state index contributed by atoms with van der Waals surface area (Å²) in [6.07, 6.45) is 2.60. The lowest BCUT2D eigenvalue weighted by molar-refractivity contribution is 0.0774. The van der Waals surface area contributed by atoms with E-state index in [0.717, 1.165) is 11.1 Å². The number of sulfonamides is 1. The summed E-state index contributed by atoms with van der Waals surface area (Å²) in [5.41, 5.74) is 3.63. The number of carbonyl (C=O) groups is 2. The van der Waals surface area contributed by atoms with Gasteiger partial charge >= 0.3 is 6.09 Å². The topological polar surface area (TPSA) is 113 Å². The van der Waals surface area contributed by atoms with Gasteiger partial charge < -0.3 is 9.64 Å². The molecule has 198 valence electrons. The number of hydrogen-bond donors (Lipinski definition) is 1. The number of carbonyl (C=O) groups excluding carboxylic acids is 2. The van der Waals surface area contributed by atoms with Gasteiger partial charge in [-0.15, -0.1) is 0 Å². The summed E-state index contributed by atoms with van der Waals surface area (Å²) >= 11 is 0. The number of anilines is 1. The lowest BCUT2D eigenvalue weighted by Crippen LogP contribution is -2.37. The molecule has 1 aromatic carbocycles. The van der Waals surface area contributed by atoms with Gasteiger partial charge in [-0.3, -0.25) is 10.1 Å². The Morgan fingerprint density at radius 1 is 1.11 bits per heavy atom. The Labute approximate surface area is 217 Å². The third-order valence-corrected chi connectivity index (χ3v) is 8.86. The number of piperidine rings is 1. The van der Waals surface area contributed by atoms with Gasteiger partial charge in [-0.1, -0.05) is 0 Å². The van der Waals surface area contributed by atoms with Gasteiger partial charge in [-0.2, -0.15) is 9.40 Å². The van der Waals surface area contributed by atoms with Crippen molar-refractivity contribution in [2.75, 3.05) is 38.6 Å².